The zero-order chi connectivity index (χ0) is 18.5. The molecule has 2 aliphatic heterocycles. The molecule has 0 bridgehead atoms. The standard InChI is InChI=1S/C17H27N5O3S.HI/c1-2-19-16(22-10-5-17(13-22)6-11-25-14-17)20-8-9-21-26(23,24)15-4-3-7-18-12-15;/h3-4,7,12,21H,2,5-6,8-11,13-14H2,1H3,(H,19,20);1H. The molecule has 0 saturated carbocycles. The fourth-order valence-corrected chi connectivity index (χ4v) is 4.43. The van der Waals surface area contributed by atoms with Crippen molar-refractivity contribution >= 4 is 40.0 Å². The summed E-state index contributed by atoms with van der Waals surface area (Å²) in [6.45, 7) is 7.00. The highest BCUT2D eigenvalue weighted by molar-refractivity contribution is 14.0. The zero-order valence-electron chi connectivity index (χ0n) is 15.6. The molecule has 2 aliphatic rings. The van der Waals surface area contributed by atoms with Crippen molar-refractivity contribution in [1.82, 2.24) is 19.9 Å². The van der Waals surface area contributed by atoms with Gasteiger partial charge in [0.15, 0.2) is 5.96 Å². The SMILES string of the molecule is CCNC(=NCCNS(=O)(=O)c1cccnc1)N1CCC2(CCOC2)C1.I. The number of sulfonamides is 1. The number of guanidine groups is 1. The van der Waals surface area contributed by atoms with Crippen LogP contribution in [0.2, 0.25) is 0 Å². The first-order valence-corrected chi connectivity index (χ1v) is 10.5. The van der Waals surface area contributed by atoms with Gasteiger partial charge in [-0.15, -0.1) is 24.0 Å². The van der Waals surface area contributed by atoms with Crippen LogP contribution in [0.4, 0.5) is 0 Å². The molecule has 3 heterocycles. The molecule has 1 unspecified atom stereocenters. The Morgan fingerprint density at radius 1 is 1.44 bits per heavy atom. The third-order valence-corrected chi connectivity index (χ3v) is 6.31. The summed E-state index contributed by atoms with van der Waals surface area (Å²) in [6.07, 6.45) is 5.10. The van der Waals surface area contributed by atoms with Crippen LogP contribution in [0, 0.1) is 5.41 Å². The first-order valence-electron chi connectivity index (χ1n) is 9.05. The lowest BCUT2D eigenvalue weighted by Crippen LogP contribution is -2.42. The second kappa shape index (κ2) is 9.99. The number of hydrogen-bond acceptors (Lipinski definition) is 5. The number of hydrogen-bond donors (Lipinski definition) is 2. The third-order valence-electron chi connectivity index (χ3n) is 4.87. The summed E-state index contributed by atoms with van der Waals surface area (Å²) < 4.78 is 32.5. The average Bonchev–Trinajstić information content (AvgIpc) is 3.28. The quantitative estimate of drug-likeness (QED) is 0.258. The van der Waals surface area contributed by atoms with Crippen LogP contribution in [0.1, 0.15) is 19.8 Å². The predicted octanol–water partition coefficient (Wildman–Crippen LogP) is 1.06. The van der Waals surface area contributed by atoms with E-state index in [1.54, 1.807) is 12.3 Å². The maximum atomic E-state index is 12.2. The van der Waals surface area contributed by atoms with Gasteiger partial charge in [-0.25, -0.2) is 13.1 Å². The minimum atomic E-state index is -3.54. The number of aromatic nitrogens is 1. The zero-order valence-corrected chi connectivity index (χ0v) is 18.7. The maximum Gasteiger partial charge on any atom is 0.242 e. The number of likely N-dealkylation sites (tertiary alicyclic amines) is 1. The van der Waals surface area contributed by atoms with Crippen LogP contribution in [-0.4, -0.2) is 70.2 Å². The van der Waals surface area contributed by atoms with Gasteiger partial charge in [0.2, 0.25) is 10.0 Å². The molecule has 0 radical (unpaired) electrons. The predicted molar refractivity (Wildman–Crippen MR) is 115 cm³/mol. The lowest BCUT2D eigenvalue weighted by Gasteiger charge is -2.25. The van der Waals surface area contributed by atoms with E-state index < -0.39 is 10.0 Å². The van der Waals surface area contributed by atoms with E-state index in [-0.39, 0.29) is 40.8 Å². The van der Waals surface area contributed by atoms with Crippen LogP contribution in [0.5, 0.6) is 0 Å². The molecule has 152 valence electrons. The number of aliphatic imine (C=N–C) groups is 1. The highest BCUT2D eigenvalue weighted by atomic mass is 127. The summed E-state index contributed by atoms with van der Waals surface area (Å²) >= 11 is 0. The van der Waals surface area contributed by atoms with E-state index in [0.29, 0.717) is 6.54 Å². The van der Waals surface area contributed by atoms with Gasteiger partial charge in [-0.3, -0.25) is 9.98 Å². The van der Waals surface area contributed by atoms with Gasteiger partial charge in [0.1, 0.15) is 4.90 Å². The lowest BCUT2D eigenvalue weighted by molar-refractivity contribution is 0.156. The number of nitrogens with one attached hydrogen (secondary N) is 2. The summed E-state index contributed by atoms with van der Waals surface area (Å²) in [6, 6.07) is 3.13. The number of nitrogens with zero attached hydrogens (tertiary/aromatic N) is 3. The van der Waals surface area contributed by atoms with E-state index in [2.05, 4.69) is 24.9 Å². The summed E-state index contributed by atoms with van der Waals surface area (Å²) in [5, 5.41) is 3.31. The molecular formula is C17H28IN5O3S. The van der Waals surface area contributed by atoms with Crippen molar-refractivity contribution in [3.8, 4) is 0 Å². The molecular weight excluding hydrogens is 481 g/mol. The second-order valence-corrected chi connectivity index (χ2v) is 8.56. The van der Waals surface area contributed by atoms with E-state index in [4.69, 9.17) is 4.74 Å². The van der Waals surface area contributed by atoms with Gasteiger partial charge in [0.05, 0.1) is 13.2 Å². The Morgan fingerprint density at radius 2 is 2.30 bits per heavy atom. The molecule has 2 saturated heterocycles. The number of halogens is 1. The third kappa shape index (κ3) is 5.75. The van der Waals surface area contributed by atoms with Gasteiger partial charge < -0.3 is 15.0 Å². The first-order chi connectivity index (χ1) is 12.5. The van der Waals surface area contributed by atoms with Crippen molar-refractivity contribution in [1.29, 1.82) is 0 Å². The number of pyridine rings is 1. The van der Waals surface area contributed by atoms with E-state index in [0.717, 1.165) is 51.6 Å². The molecule has 1 aromatic rings. The minimum absolute atomic E-state index is 0. The molecule has 0 aliphatic carbocycles. The summed E-state index contributed by atoms with van der Waals surface area (Å²) in [5.41, 5.74) is 0.262. The highest BCUT2D eigenvalue weighted by Gasteiger charge is 2.42. The Hall–Kier alpha value is -0.980. The van der Waals surface area contributed by atoms with Crippen molar-refractivity contribution in [2.45, 2.75) is 24.7 Å². The van der Waals surface area contributed by atoms with Crippen LogP contribution >= 0.6 is 24.0 Å². The molecule has 8 nitrogen and oxygen atoms in total. The van der Waals surface area contributed by atoms with Gasteiger partial charge in [-0.1, -0.05) is 0 Å². The Bertz CT molecular complexity index is 723. The molecule has 27 heavy (non-hydrogen) atoms. The summed E-state index contributed by atoms with van der Waals surface area (Å²) in [5.74, 6) is 0.844. The molecule has 2 N–H and O–H groups in total. The summed E-state index contributed by atoms with van der Waals surface area (Å²) in [7, 11) is -3.54. The average molecular weight is 509 g/mol. The van der Waals surface area contributed by atoms with Crippen LogP contribution in [-0.2, 0) is 14.8 Å². The highest BCUT2D eigenvalue weighted by Crippen LogP contribution is 2.38. The molecule has 0 amide bonds. The smallest absolute Gasteiger partial charge is 0.242 e. The fraction of sp³-hybridized carbons (Fsp3) is 0.647. The number of ether oxygens (including phenoxy) is 1. The Balaban J connectivity index is 0.00000261. The van der Waals surface area contributed by atoms with Crippen molar-refractivity contribution in [3.63, 3.8) is 0 Å². The summed E-state index contributed by atoms with van der Waals surface area (Å²) in [4.78, 5) is 10.9. The van der Waals surface area contributed by atoms with E-state index in [1.165, 1.54) is 12.3 Å². The maximum absolute atomic E-state index is 12.2. The van der Waals surface area contributed by atoms with Crippen LogP contribution in [0.15, 0.2) is 34.4 Å². The number of rotatable bonds is 6. The largest absolute Gasteiger partial charge is 0.381 e. The fourth-order valence-electron chi connectivity index (χ4n) is 3.44. The van der Waals surface area contributed by atoms with Gasteiger partial charge in [-0.2, -0.15) is 0 Å². The van der Waals surface area contributed by atoms with Gasteiger partial charge >= 0.3 is 0 Å². The second-order valence-electron chi connectivity index (χ2n) is 6.80. The van der Waals surface area contributed by atoms with Gasteiger partial charge in [-0.05, 0) is 31.9 Å². The first kappa shape index (κ1) is 22.3. The molecule has 1 spiro atoms. The molecule has 1 atom stereocenters. The molecule has 2 fully saturated rings. The normalized spacial score (nSPS) is 22.9. The monoisotopic (exact) mass is 509 g/mol. The topological polar surface area (TPSA) is 95.9 Å². The van der Waals surface area contributed by atoms with E-state index >= 15 is 0 Å². The Labute approximate surface area is 178 Å². The van der Waals surface area contributed by atoms with E-state index in [1.807, 2.05) is 6.92 Å². The van der Waals surface area contributed by atoms with E-state index in [9.17, 15) is 8.42 Å². The van der Waals surface area contributed by atoms with Crippen molar-refractivity contribution in [2.24, 2.45) is 10.4 Å². The van der Waals surface area contributed by atoms with Crippen molar-refractivity contribution in [3.05, 3.63) is 24.5 Å². The Kier molecular flexibility index (Phi) is 8.25. The molecule has 3 rings (SSSR count). The van der Waals surface area contributed by atoms with Gasteiger partial charge in [0, 0.05) is 50.6 Å². The van der Waals surface area contributed by atoms with Crippen LogP contribution in [0.25, 0.3) is 0 Å². The van der Waals surface area contributed by atoms with Crippen molar-refractivity contribution in [2.75, 3.05) is 45.9 Å². The lowest BCUT2D eigenvalue weighted by atomic mass is 9.87. The van der Waals surface area contributed by atoms with Crippen molar-refractivity contribution < 1.29 is 13.2 Å². The molecule has 10 heteroatoms. The van der Waals surface area contributed by atoms with Crippen LogP contribution in [0.3, 0.4) is 0 Å². The molecule has 1 aromatic heterocycles. The molecule has 0 aromatic carbocycles. The minimum Gasteiger partial charge on any atom is -0.381 e. The van der Waals surface area contributed by atoms with Crippen LogP contribution < -0.4 is 10.0 Å². The Morgan fingerprint density at radius 3 is 2.96 bits per heavy atom. The van der Waals surface area contributed by atoms with Gasteiger partial charge in [0.25, 0.3) is 0 Å².